The molecule has 0 bridgehead atoms. The molecule has 0 fully saturated rings. The molecule has 0 radical (unpaired) electrons. The molecular formula is C15H23NO. The quantitative estimate of drug-likeness (QED) is 0.579. The number of aryl methyl sites for hydroxylation is 2. The van der Waals surface area contributed by atoms with Crippen molar-refractivity contribution < 1.29 is 4.79 Å². The van der Waals surface area contributed by atoms with Crippen molar-refractivity contribution in [1.82, 2.24) is 0 Å². The van der Waals surface area contributed by atoms with E-state index in [1.165, 1.54) is 5.56 Å². The van der Waals surface area contributed by atoms with Crippen molar-refractivity contribution in [2.45, 2.75) is 46.0 Å². The maximum Gasteiger partial charge on any atom is 0.163 e. The predicted molar refractivity (Wildman–Crippen MR) is 72.4 cm³/mol. The number of Topliss-reactive ketones (excluding diaryl/α,β-unsaturated/α-hetero) is 1. The van der Waals surface area contributed by atoms with Crippen LogP contribution in [0.3, 0.4) is 0 Å². The van der Waals surface area contributed by atoms with Gasteiger partial charge in [-0.05, 0) is 38.8 Å². The first kappa shape index (κ1) is 13.9. The van der Waals surface area contributed by atoms with E-state index in [9.17, 15) is 4.79 Å². The molecule has 2 nitrogen and oxygen atoms in total. The van der Waals surface area contributed by atoms with Crippen molar-refractivity contribution in [3.8, 4) is 0 Å². The molecule has 2 N–H and O–H groups in total. The molecule has 1 aromatic rings. The molecule has 0 aromatic heterocycles. The fourth-order valence-corrected chi connectivity index (χ4v) is 2.04. The third-order valence-electron chi connectivity index (χ3n) is 3.04. The smallest absolute Gasteiger partial charge is 0.163 e. The average Bonchev–Trinajstić information content (AvgIpc) is 2.28. The first-order valence-corrected chi connectivity index (χ1v) is 6.45. The minimum absolute atomic E-state index is 0.273. The molecule has 0 spiro atoms. The molecule has 2 heteroatoms. The Morgan fingerprint density at radius 3 is 2.47 bits per heavy atom. The summed E-state index contributed by atoms with van der Waals surface area (Å²) in [5.41, 5.74) is 8.62. The predicted octanol–water partition coefficient (Wildman–Crippen LogP) is 3.40. The minimum atomic E-state index is 0.273. The molecule has 17 heavy (non-hydrogen) atoms. The molecule has 94 valence electrons. The molecule has 0 heterocycles. The van der Waals surface area contributed by atoms with Crippen molar-refractivity contribution in [1.29, 1.82) is 0 Å². The van der Waals surface area contributed by atoms with Gasteiger partial charge in [-0.25, -0.2) is 0 Å². The number of carbonyl (C=O) groups excluding carboxylic acids is 1. The Morgan fingerprint density at radius 1 is 1.12 bits per heavy atom. The first-order valence-electron chi connectivity index (χ1n) is 6.45. The van der Waals surface area contributed by atoms with Crippen LogP contribution < -0.4 is 5.73 Å². The van der Waals surface area contributed by atoms with Gasteiger partial charge in [0.25, 0.3) is 0 Å². The largest absolute Gasteiger partial charge is 0.330 e. The maximum absolute atomic E-state index is 12.0. The van der Waals surface area contributed by atoms with Crippen LogP contribution in [0.2, 0.25) is 0 Å². The Morgan fingerprint density at radius 2 is 1.82 bits per heavy atom. The highest BCUT2D eigenvalue weighted by Gasteiger charge is 2.08. The highest BCUT2D eigenvalue weighted by molar-refractivity contribution is 5.97. The lowest BCUT2D eigenvalue weighted by Crippen LogP contribution is -2.02. The number of hydrogen-bond donors (Lipinski definition) is 1. The molecule has 0 saturated heterocycles. The molecule has 0 unspecified atom stereocenters. The number of carbonyl (C=O) groups is 1. The summed E-state index contributed by atoms with van der Waals surface area (Å²) in [6.45, 7) is 4.81. The second kappa shape index (κ2) is 7.23. The molecule has 0 atom stereocenters. The van der Waals surface area contributed by atoms with Crippen LogP contribution in [0.5, 0.6) is 0 Å². The number of ketones is 1. The van der Waals surface area contributed by atoms with E-state index in [4.69, 9.17) is 5.73 Å². The van der Waals surface area contributed by atoms with Crippen LogP contribution in [0.4, 0.5) is 0 Å². The second-order valence-corrected chi connectivity index (χ2v) is 4.69. The van der Waals surface area contributed by atoms with E-state index < -0.39 is 0 Å². The number of hydrogen-bond acceptors (Lipinski definition) is 2. The minimum Gasteiger partial charge on any atom is -0.330 e. The number of unbranched alkanes of at least 4 members (excludes halogenated alkanes) is 3. The lowest BCUT2D eigenvalue weighted by molar-refractivity contribution is 0.0978. The van der Waals surface area contributed by atoms with Gasteiger partial charge in [0.1, 0.15) is 0 Å². The van der Waals surface area contributed by atoms with Gasteiger partial charge < -0.3 is 5.73 Å². The summed E-state index contributed by atoms with van der Waals surface area (Å²) in [6, 6.07) is 6.03. The van der Waals surface area contributed by atoms with Crippen molar-refractivity contribution in [3.63, 3.8) is 0 Å². The summed E-state index contributed by atoms with van der Waals surface area (Å²) >= 11 is 0. The maximum atomic E-state index is 12.0. The number of nitrogens with two attached hydrogens (primary N) is 1. The van der Waals surface area contributed by atoms with Crippen molar-refractivity contribution in [3.05, 3.63) is 34.9 Å². The Labute approximate surface area is 104 Å². The molecule has 1 aromatic carbocycles. The zero-order valence-corrected chi connectivity index (χ0v) is 11.0. The summed E-state index contributed by atoms with van der Waals surface area (Å²) in [4.78, 5) is 12.0. The SMILES string of the molecule is Cc1ccc(C(=O)CCCCCCN)c(C)c1. The van der Waals surface area contributed by atoms with E-state index in [1.54, 1.807) is 0 Å². The monoisotopic (exact) mass is 233 g/mol. The second-order valence-electron chi connectivity index (χ2n) is 4.69. The number of rotatable bonds is 7. The summed E-state index contributed by atoms with van der Waals surface area (Å²) in [5, 5.41) is 0. The van der Waals surface area contributed by atoms with Gasteiger partial charge in [-0.3, -0.25) is 4.79 Å². The molecule has 0 aliphatic rings. The third kappa shape index (κ3) is 4.70. The first-order chi connectivity index (χ1) is 8.15. The van der Waals surface area contributed by atoms with Crippen molar-refractivity contribution in [2.24, 2.45) is 5.73 Å². The van der Waals surface area contributed by atoms with Crippen LogP contribution >= 0.6 is 0 Å². The highest BCUT2D eigenvalue weighted by Crippen LogP contribution is 2.14. The van der Waals surface area contributed by atoms with Gasteiger partial charge >= 0.3 is 0 Å². The topological polar surface area (TPSA) is 43.1 Å². The lowest BCUT2D eigenvalue weighted by atomic mass is 9.98. The van der Waals surface area contributed by atoms with Gasteiger partial charge in [-0.1, -0.05) is 36.6 Å². The summed E-state index contributed by atoms with van der Waals surface area (Å²) in [7, 11) is 0. The van der Waals surface area contributed by atoms with Gasteiger partial charge in [0, 0.05) is 12.0 Å². The molecule has 0 aliphatic heterocycles. The highest BCUT2D eigenvalue weighted by atomic mass is 16.1. The fourth-order valence-electron chi connectivity index (χ4n) is 2.04. The zero-order chi connectivity index (χ0) is 12.7. The molecule has 0 saturated carbocycles. The van der Waals surface area contributed by atoms with E-state index in [0.717, 1.165) is 43.4 Å². The van der Waals surface area contributed by atoms with Gasteiger partial charge in [-0.15, -0.1) is 0 Å². The summed E-state index contributed by atoms with van der Waals surface area (Å²) < 4.78 is 0. The van der Waals surface area contributed by atoms with Crippen LogP contribution in [-0.2, 0) is 0 Å². The average molecular weight is 233 g/mol. The molecule has 1 rings (SSSR count). The van der Waals surface area contributed by atoms with E-state index in [0.29, 0.717) is 6.42 Å². The fraction of sp³-hybridized carbons (Fsp3) is 0.533. The van der Waals surface area contributed by atoms with Crippen LogP contribution in [0.25, 0.3) is 0 Å². The molecular weight excluding hydrogens is 210 g/mol. The van der Waals surface area contributed by atoms with E-state index in [-0.39, 0.29) is 5.78 Å². The number of benzene rings is 1. The van der Waals surface area contributed by atoms with Crippen molar-refractivity contribution >= 4 is 5.78 Å². The standard InChI is InChI=1S/C15H23NO/c1-12-8-9-14(13(2)11-12)15(17)7-5-3-4-6-10-16/h8-9,11H,3-7,10,16H2,1-2H3. The third-order valence-corrected chi connectivity index (χ3v) is 3.04. The van der Waals surface area contributed by atoms with E-state index in [1.807, 2.05) is 26.0 Å². The normalized spacial score (nSPS) is 10.5. The lowest BCUT2D eigenvalue weighted by Gasteiger charge is -2.06. The van der Waals surface area contributed by atoms with E-state index >= 15 is 0 Å². The van der Waals surface area contributed by atoms with Gasteiger partial charge in [-0.2, -0.15) is 0 Å². The Hall–Kier alpha value is -1.15. The van der Waals surface area contributed by atoms with Crippen LogP contribution in [0, 0.1) is 13.8 Å². The van der Waals surface area contributed by atoms with Crippen molar-refractivity contribution in [2.75, 3.05) is 6.54 Å². The van der Waals surface area contributed by atoms with Gasteiger partial charge in [0.05, 0.1) is 0 Å². The Bertz CT molecular complexity index is 371. The van der Waals surface area contributed by atoms with E-state index in [2.05, 4.69) is 6.07 Å². The molecule has 0 aliphatic carbocycles. The van der Waals surface area contributed by atoms with Crippen LogP contribution in [0.1, 0.15) is 53.6 Å². The van der Waals surface area contributed by atoms with Gasteiger partial charge in [0.15, 0.2) is 5.78 Å². The van der Waals surface area contributed by atoms with Crippen LogP contribution in [0.15, 0.2) is 18.2 Å². The van der Waals surface area contributed by atoms with Crippen LogP contribution in [-0.4, -0.2) is 12.3 Å². The Kier molecular flexibility index (Phi) is 5.92. The summed E-state index contributed by atoms with van der Waals surface area (Å²) in [5.74, 6) is 0.273. The Balaban J connectivity index is 2.42. The van der Waals surface area contributed by atoms with Gasteiger partial charge in [0.2, 0.25) is 0 Å². The molecule has 0 amide bonds. The zero-order valence-electron chi connectivity index (χ0n) is 11.0. The summed E-state index contributed by atoms with van der Waals surface area (Å²) in [6.07, 6.45) is 4.95.